The van der Waals surface area contributed by atoms with Gasteiger partial charge in [0.1, 0.15) is 0 Å². The molecule has 1 aromatic carbocycles. The Kier molecular flexibility index (Phi) is 6.34. The quantitative estimate of drug-likeness (QED) is 0.358. The van der Waals surface area contributed by atoms with E-state index < -0.39 is 0 Å². The summed E-state index contributed by atoms with van der Waals surface area (Å²) in [5.74, 6) is 2.24. The fraction of sp³-hybridized carbons (Fsp3) is 0.520. The monoisotopic (exact) mass is 334 g/mol. The molecule has 0 spiro atoms. The van der Waals surface area contributed by atoms with E-state index in [2.05, 4.69) is 74.2 Å². The van der Waals surface area contributed by atoms with Gasteiger partial charge in [-0.2, -0.15) is 0 Å². The molecular weight excluding hydrogens is 300 g/mol. The molecule has 0 bridgehead atoms. The molecule has 134 valence electrons. The average molecular weight is 335 g/mol. The van der Waals surface area contributed by atoms with Crippen molar-refractivity contribution in [3.05, 3.63) is 72.9 Å². The van der Waals surface area contributed by atoms with Crippen LogP contribution in [0.25, 0.3) is 0 Å². The number of benzene rings is 1. The first kappa shape index (κ1) is 18.2. The Morgan fingerprint density at radius 2 is 1.72 bits per heavy atom. The van der Waals surface area contributed by atoms with Gasteiger partial charge in [0, 0.05) is 11.3 Å². The Balaban J connectivity index is 1.60. The van der Waals surface area contributed by atoms with Crippen LogP contribution in [0.3, 0.4) is 0 Å². The second-order valence-electron chi connectivity index (χ2n) is 8.06. The highest BCUT2D eigenvalue weighted by Crippen LogP contribution is 2.48. The summed E-state index contributed by atoms with van der Waals surface area (Å²) in [6.07, 6.45) is 22.9. The Morgan fingerprint density at radius 1 is 1.04 bits per heavy atom. The summed E-state index contributed by atoms with van der Waals surface area (Å²) in [6, 6.07) is 10.9. The molecule has 0 aliphatic heterocycles. The van der Waals surface area contributed by atoms with Gasteiger partial charge in [0.15, 0.2) is 0 Å². The molecule has 0 saturated heterocycles. The zero-order valence-electron chi connectivity index (χ0n) is 15.9. The van der Waals surface area contributed by atoms with Gasteiger partial charge in [-0.3, -0.25) is 0 Å². The van der Waals surface area contributed by atoms with E-state index in [4.69, 9.17) is 0 Å². The van der Waals surface area contributed by atoms with Gasteiger partial charge >= 0.3 is 0 Å². The number of rotatable bonds is 7. The van der Waals surface area contributed by atoms with Crippen molar-refractivity contribution in [1.82, 2.24) is 0 Å². The fourth-order valence-corrected chi connectivity index (χ4v) is 4.92. The van der Waals surface area contributed by atoms with Crippen LogP contribution >= 0.6 is 0 Å². The van der Waals surface area contributed by atoms with Crippen LogP contribution in [0.15, 0.2) is 67.3 Å². The number of allylic oxidation sites excluding steroid dienone is 5. The van der Waals surface area contributed by atoms with Crippen molar-refractivity contribution in [2.75, 3.05) is 0 Å². The highest BCUT2D eigenvalue weighted by atomic mass is 14.4. The van der Waals surface area contributed by atoms with E-state index in [9.17, 15) is 0 Å². The predicted octanol–water partition coefficient (Wildman–Crippen LogP) is 7.46. The van der Waals surface area contributed by atoms with E-state index in [0.29, 0.717) is 11.3 Å². The van der Waals surface area contributed by atoms with Gasteiger partial charge in [0.25, 0.3) is 0 Å². The number of hydrogen-bond acceptors (Lipinski definition) is 0. The molecule has 25 heavy (non-hydrogen) atoms. The molecule has 1 fully saturated rings. The lowest BCUT2D eigenvalue weighted by molar-refractivity contribution is 0.170. The van der Waals surface area contributed by atoms with Gasteiger partial charge in [-0.05, 0) is 49.5 Å². The van der Waals surface area contributed by atoms with Crippen LogP contribution in [0.1, 0.15) is 69.8 Å². The van der Waals surface area contributed by atoms with Crippen molar-refractivity contribution in [3.8, 4) is 0 Å². The Morgan fingerprint density at radius 3 is 2.32 bits per heavy atom. The van der Waals surface area contributed by atoms with Crippen molar-refractivity contribution in [2.24, 2.45) is 17.3 Å². The minimum absolute atomic E-state index is 0.303. The lowest BCUT2D eigenvalue weighted by Crippen LogP contribution is -2.31. The second kappa shape index (κ2) is 8.70. The first-order valence-corrected chi connectivity index (χ1v) is 10.3. The van der Waals surface area contributed by atoms with E-state index in [1.54, 1.807) is 0 Å². The summed E-state index contributed by atoms with van der Waals surface area (Å²) in [7, 11) is 0. The van der Waals surface area contributed by atoms with Crippen LogP contribution in [-0.4, -0.2) is 0 Å². The third-order valence-electron chi connectivity index (χ3n) is 6.65. The molecule has 0 heterocycles. The van der Waals surface area contributed by atoms with E-state index in [1.807, 2.05) is 0 Å². The highest BCUT2D eigenvalue weighted by molar-refractivity contribution is 5.34. The van der Waals surface area contributed by atoms with Crippen molar-refractivity contribution in [3.63, 3.8) is 0 Å². The van der Waals surface area contributed by atoms with E-state index in [1.165, 1.54) is 56.9 Å². The van der Waals surface area contributed by atoms with Crippen LogP contribution < -0.4 is 0 Å². The number of hydrogen-bond donors (Lipinski definition) is 0. The zero-order valence-corrected chi connectivity index (χ0v) is 15.9. The molecule has 0 N–H and O–H groups in total. The lowest BCUT2D eigenvalue weighted by atomic mass is 9.63. The minimum atomic E-state index is 0.303. The Bertz CT molecular complexity index is 570. The van der Waals surface area contributed by atoms with Crippen molar-refractivity contribution in [2.45, 2.75) is 64.2 Å². The summed E-state index contributed by atoms with van der Waals surface area (Å²) in [4.78, 5) is 0. The molecule has 0 nitrogen and oxygen atoms in total. The summed E-state index contributed by atoms with van der Waals surface area (Å²) >= 11 is 0. The third-order valence-corrected chi connectivity index (χ3v) is 6.65. The molecular formula is C25H34. The maximum absolute atomic E-state index is 3.85. The van der Waals surface area contributed by atoms with Crippen LogP contribution in [0.5, 0.6) is 0 Å². The standard InChI is InChI=1S/C25H34/c1-3-5-7-10-21-13-15-24(16-14-21)25(4-2)19-17-23(18-20-25)22-11-8-6-9-12-22/h3,6,8-9,11-12,17-21,23-24H,1,4-5,7,10,13-16H2,2H3/t21-,23?,24-,25?. The molecule has 2 aliphatic rings. The molecule has 0 amide bonds. The fourth-order valence-electron chi connectivity index (χ4n) is 4.92. The highest BCUT2D eigenvalue weighted by Gasteiger charge is 2.36. The normalized spacial score (nSPS) is 31.8. The van der Waals surface area contributed by atoms with Gasteiger partial charge in [0.2, 0.25) is 0 Å². The molecule has 0 unspecified atom stereocenters. The van der Waals surface area contributed by atoms with Gasteiger partial charge < -0.3 is 0 Å². The Labute approximate surface area is 154 Å². The maximum atomic E-state index is 3.85. The molecule has 0 atom stereocenters. The lowest BCUT2D eigenvalue weighted by Gasteiger charge is -2.42. The van der Waals surface area contributed by atoms with Crippen molar-refractivity contribution >= 4 is 0 Å². The number of unbranched alkanes of at least 4 members (excludes halogenated alkanes) is 1. The van der Waals surface area contributed by atoms with Crippen LogP contribution in [-0.2, 0) is 0 Å². The van der Waals surface area contributed by atoms with Crippen LogP contribution in [0, 0.1) is 17.3 Å². The predicted molar refractivity (Wildman–Crippen MR) is 110 cm³/mol. The van der Waals surface area contributed by atoms with E-state index in [-0.39, 0.29) is 0 Å². The molecule has 2 aliphatic carbocycles. The van der Waals surface area contributed by atoms with Crippen molar-refractivity contribution in [1.29, 1.82) is 0 Å². The maximum Gasteiger partial charge on any atom is 0.0199 e. The first-order chi connectivity index (χ1) is 12.3. The smallest absolute Gasteiger partial charge is 0.0199 e. The molecule has 1 aromatic rings. The van der Waals surface area contributed by atoms with Gasteiger partial charge in [0.05, 0.1) is 0 Å². The van der Waals surface area contributed by atoms with Gasteiger partial charge in [-0.25, -0.2) is 0 Å². The van der Waals surface area contributed by atoms with Crippen LogP contribution in [0.4, 0.5) is 0 Å². The van der Waals surface area contributed by atoms with Crippen LogP contribution in [0.2, 0.25) is 0 Å². The summed E-state index contributed by atoms with van der Waals surface area (Å²) < 4.78 is 0. The van der Waals surface area contributed by atoms with E-state index >= 15 is 0 Å². The largest absolute Gasteiger partial charge is 0.103 e. The minimum Gasteiger partial charge on any atom is -0.103 e. The topological polar surface area (TPSA) is 0 Å². The van der Waals surface area contributed by atoms with Gasteiger partial charge in [-0.1, -0.05) is 86.9 Å². The molecule has 0 radical (unpaired) electrons. The average Bonchev–Trinajstić information content (AvgIpc) is 2.69. The Hall–Kier alpha value is -1.56. The molecule has 1 saturated carbocycles. The first-order valence-electron chi connectivity index (χ1n) is 10.3. The SMILES string of the molecule is C=CCCC[C@H]1CC[C@H](C2(CC)C=CC(c3ccccc3)C=C2)CC1. The third kappa shape index (κ3) is 4.35. The molecule has 3 rings (SSSR count). The summed E-state index contributed by atoms with van der Waals surface area (Å²) in [5.41, 5.74) is 1.71. The molecule has 0 heteroatoms. The zero-order chi connectivity index (χ0) is 17.5. The van der Waals surface area contributed by atoms with Crippen molar-refractivity contribution < 1.29 is 0 Å². The molecule has 0 aromatic heterocycles. The summed E-state index contributed by atoms with van der Waals surface area (Å²) in [6.45, 7) is 6.22. The summed E-state index contributed by atoms with van der Waals surface area (Å²) in [5, 5.41) is 0. The van der Waals surface area contributed by atoms with Gasteiger partial charge in [-0.15, -0.1) is 6.58 Å². The second-order valence-corrected chi connectivity index (χ2v) is 8.06. The van der Waals surface area contributed by atoms with E-state index in [0.717, 1.165) is 11.8 Å².